The Kier molecular flexibility index (Phi) is 10.1. The quantitative estimate of drug-likeness (QED) is 0.439. The van der Waals surface area contributed by atoms with Gasteiger partial charge in [-0.3, -0.25) is 15.0 Å². The second-order valence-electron chi connectivity index (χ2n) is 4.71. The van der Waals surface area contributed by atoms with Crippen LogP contribution in [0.2, 0.25) is 0 Å². The fraction of sp³-hybridized carbons (Fsp3) is 0.833. The lowest BCUT2D eigenvalue weighted by molar-refractivity contribution is -0.121. The first-order valence-corrected chi connectivity index (χ1v) is 6.51. The van der Waals surface area contributed by atoms with Crippen LogP contribution >= 0.6 is 0 Å². The molecule has 0 aromatic carbocycles. The molecule has 0 unspecified atom stereocenters. The maximum absolute atomic E-state index is 11.5. The molecule has 0 saturated heterocycles. The molecule has 7 heteroatoms. The third-order valence-corrected chi connectivity index (χ3v) is 2.46. The molecule has 0 heterocycles. The van der Waals surface area contributed by atoms with E-state index in [4.69, 9.17) is 10.2 Å². The molecule has 112 valence electrons. The van der Waals surface area contributed by atoms with Crippen molar-refractivity contribution in [3.8, 4) is 0 Å². The van der Waals surface area contributed by atoms with Crippen molar-refractivity contribution < 1.29 is 19.8 Å². The van der Waals surface area contributed by atoms with E-state index in [1.165, 1.54) is 0 Å². The first-order valence-electron chi connectivity index (χ1n) is 6.51. The topological polar surface area (TPSA) is 102 Å². The van der Waals surface area contributed by atoms with Crippen molar-refractivity contribution in [2.75, 3.05) is 39.4 Å². The van der Waals surface area contributed by atoms with Gasteiger partial charge in [-0.2, -0.15) is 0 Å². The number of rotatable bonds is 9. The van der Waals surface area contributed by atoms with E-state index in [1.54, 1.807) is 4.90 Å². The summed E-state index contributed by atoms with van der Waals surface area (Å²) in [6.45, 7) is 4.94. The monoisotopic (exact) mass is 275 g/mol. The normalized spacial score (nSPS) is 10.8. The summed E-state index contributed by atoms with van der Waals surface area (Å²) in [7, 11) is 0. The highest BCUT2D eigenvalue weighted by Crippen LogP contribution is 1.95. The van der Waals surface area contributed by atoms with Crippen LogP contribution in [0.1, 0.15) is 20.3 Å². The molecular formula is C12H25N3O4. The molecule has 0 radical (unpaired) electrons. The zero-order valence-corrected chi connectivity index (χ0v) is 11.7. The molecule has 0 rings (SSSR count). The Morgan fingerprint density at radius 1 is 1.16 bits per heavy atom. The van der Waals surface area contributed by atoms with E-state index in [-0.39, 0.29) is 32.8 Å². The fourth-order valence-corrected chi connectivity index (χ4v) is 1.44. The molecule has 0 fully saturated rings. The van der Waals surface area contributed by atoms with Gasteiger partial charge in [0.15, 0.2) is 0 Å². The minimum atomic E-state index is -0.515. The largest absolute Gasteiger partial charge is 0.395 e. The van der Waals surface area contributed by atoms with Gasteiger partial charge in [-0.25, -0.2) is 4.79 Å². The van der Waals surface area contributed by atoms with Gasteiger partial charge >= 0.3 is 6.03 Å². The van der Waals surface area contributed by atoms with E-state index in [9.17, 15) is 9.59 Å². The maximum atomic E-state index is 11.5. The first-order chi connectivity index (χ1) is 8.99. The van der Waals surface area contributed by atoms with Crippen molar-refractivity contribution in [3.63, 3.8) is 0 Å². The number of hydrogen-bond acceptors (Lipinski definition) is 5. The average molecular weight is 275 g/mol. The van der Waals surface area contributed by atoms with Crippen molar-refractivity contribution >= 4 is 11.9 Å². The number of aliphatic hydroxyl groups excluding tert-OH is 2. The number of nitrogens with one attached hydrogen (secondary N) is 2. The summed E-state index contributed by atoms with van der Waals surface area (Å²) in [4.78, 5) is 24.5. The molecule has 0 bridgehead atoms. The van der Waals surface area contributed by atoms with Crippen LogP contribution in [0.15, 0.2) is 0 Å². The van der Waals surface area contributed by atoms with Crippen LogP contribution < -0.4 is 10.6 Å². The lowest BCUT2D eigenvalue weighted by Gasteiger charge is -2.19. The number of amides is 3. The third-order valence-electron chi connectivity index (χ3n) is 2.46. The molecule has 0 atom stereocenters. The Labute approximate surface area is 114 Å². The summed E-state index contributed by atoms with van der Waals surface area (Å²) in [5.74, 6) is 0.0320. The molecule has 0 spiro atoms. The van der Waals surface area contributed by atoms with Crippen LogP contribution in [0.3, 0.4) is 0 Å². The highest BCUT2D eigenvalue weighted by molar-refractivity contribution is 5.95. The predicted molar refractivity (Wildman–Crippen MR) is 71.6 cm³/mol. The zero-order chi connectivity index (χ0) is 14.7. The van der Waals surface area contributed by atoms with Gasteiger partial charge in [-0.05, 0) is 12.3 Å². The van der Waals surface area contributed by atoms with Gasteiger partial charge in [0.05, 0.1) is 19.8 Å². The van der Waals surface area contributed by atoms with Gasteiger partial charge in [0, 0.05) is 19.6 Å². The highest BCUT2D eigenvalue weighted by Gasteiger charge is 2.12. The number of carbonyl (C=O) groups is 2. The second kappa shape index (κ2) is 10.7. The number of carbonyl (C=O) groups excluding carboxylic acids is 2. The van der Waals surface area contributed by atoms with E-state index < -0.39 is 11.9 Å². The standard InChI is InChI=1S/C12H25N3O4/c1-10(2)3-4-13-12(19)14-11(18)9-15(5-7-16)6-8-17/h10,16-17H,3-9H2,1-2H3,(H2,13,14,18,19). The molecule has 4 N–H and O–H groups in total. The Hall–Kier alpha value is -1.18. The SMILES string of the molecule is CC(C)CCNC(=O)NC(=O)CN(CCO)CCO. The molecule has 0 aliphatic rings. The van der Waals surface area contributed by atoms with Crippen molar-refractivity contribution in [3.05, 3.63) is 0 Å². The van der Waals surface area contributed by atoms with Crippen LogP contribution in [-0.2, 0) is 4.79 Å². The number of urea groups is 1. The molecule has 7 nitrogen and oxygen atoms in total. The minimum Gasteiger partial charge on any atom is -0.395 e. The molecule has 0 aliphatic heterocycles. The summed E-state index contributed by atoms with van der Waals surface area (Å²) in [6, 6.07) is -0.515. The molecule has 0 aromatic heterocycles. The van der Waals surface area contributed by atoms with Crippen LogP contribution in [-0.4, -0.2) is 66.4 Å². The van der Waals surface area contributed by atoms with Gasteiger partial charge in [-0.15, -0.1) is 0 Å². The number of nitrogens with zero attached hydrogens (tertiary/aromatic N) is 1. The molecule has 0 aromatic rings. The zero-order valence-electron chi connectivity index (χ0n) is 11.7. The lowest BCUT2D eigenvalue weighted by atomic mass is 10.1. The predicted octanol–water partition coefficient (Wildman–Crippen LogP) is -0.855. The van der Waals surface area contributed by atoms with Gasteiger partial charge in [0.1, 0.15) is 0 Å². The van der Waals surface area contributed by atoms with Gasteiger partial charge in [0.25, 0.3) is 0 Å². The van der Waals surface area contributed by atoms with Crippen LogP contribution in [0, 0.1) is 5.92 Å². The summed E-state index contributed by atoms with van der Waals surface area (Å²) < 4.78 is 0. The van der Waals surface area contributed by atoms with Crippen molar-refractivity contribution in [1.29, 1.82) is 0 Å². The number of aliphatic hydroxyl groups is 2. The number of hydrogen-bond donors (Lipinski definition) is 4. The first kappa shape index (κ1) is 17.8. The van der Waals surface area contributed by atoms with E-state index >= 15 is 0 Å². The molecule has 0 aliphatic carbocycles. The van der Waals surface area contributed by atoms with E-state index in [0.717, 1.165) is 6.42 Å². The maximum Gasteiger partial charge on any atom is 0.321 e. The van der Waals surface area contributed by atoms with Crippen LogP contribution in [0.25, 0.3) is 0 Å². The summed E-state index contributed by atoms with van der Waals surface area (Å²) in [5, 5.41) is 22.4. The van der Waals surface area contributed by atoms with Gasteiger partial charge < -0.3 is 15.5 Å². The third kappa shape index (κ3) is 10.4. The smallest absolute Gasteiger partial charge is 0.321 e. The molecular weight excluding hydrogens is 250 g/mol. The molecule has 19 heavy (non-hydrogen) atoms. The highest BCUT2D eigenvalue weighted by atomic mass is 16.3. The van der Waals surface area contributed by atoms with Gasteiger partial charge in [-0.1, -0.05) is 13.8 Å². The molecule has 3 amide bonds. The van der Waals surface area contributed by atoms with Crippen molar-refractivity contribution in [1.82, 2.24) is 15.5 Å². The fourth-order valence-electron chi connectivity index (χ4n) is 1.44. The van der Waals surface area contributed by atoms with Crippen molar-refractivity contribution in [2.24, 2.45) is 5.92 Å². The van der Waals surface area contributed by atoms with E-state index in [2.05, 4.69) is 10.6 Å². The Morgan fingerprint density at radius 2 is 1.74 bits per heavy atom. The van der Waals surface area contributed by atoms with Gasteiger partial charge in [0.2, 0.25) is 5.91 Å². The molecule has 0 saturated carbocycles. The Balaban J connectivity index is 3.90. The average Bonchev–Trinajstić information content (AvgIpc) is 2.28. The summed E-state index contributed by atoms with van der Waals surface area (Å²) in [6.07, 6.45) is 0.850. The number of imide groups is 1. The minimum absolute atomic E-state index is 0.0290. The van der Waals surface area contributed by atoms with E-state index in [0.29, 0.717) is 12.5 Å². The van der Waals surface area contributed by atoms with E-state index in [1.807, 2.05) is 13.8 Å². The summed E-state index contributed by atoms with van der Waals surface area (Å²) in [5.41, 5.74) is 0. The van der Waals surface area contributed by atoms with Crippen molar-refractivity contribution in [2.45, 2.75) is 20.3 Å². The second-order valence-corrected chi connectivity index (χ2v) is 4.71. The lowest BCUT2D eigenvalue weighted by Crippen LogP contribution is -2.45. The van der Waals surface area contributed by atoms with Crippen LogP contribution in [0.5, 0.6) is 0 Å². The Morgan fingerprint density at radius 3 is 2.21 bits per heavy atom. The van der Waals surface area contributed by atoms with Crippen LogP contribution in [0.4, 0.5) is 4.79 Å². The Bertz CT molecular complexity index is 266. The summed E-state index contributed by atoms with van der Waals surface area (Å²) >= 11 is 0.